The first-order chi connectivity index (χ1) is 15.9. The average molecular weight is 425 g/mol. The topological polar surface area (TPSA) is 0 Å². The maximum absolute atomic E-state index is 2.33. The van der Waals surface area contributed by atoms with E-state index < -0.39 is 14.1 Å². The van der Waals surface area contributed by atoms with E-state index in [0.29, 0.717) is 0 Å². The van der Waals surface area contributed by atoms with Gasteiger partial charge in [-0.25, -0.2) is 0 Å². The van der Waals surface area contributed by atoms with Crippen LogP contribution in [0.1, 0.15) is 16.7 Å². The van der Waals surface area contributed by atoms with E-state index in [1.165, 1.54) is 25.5 Å². The van der Waals surface area contributed by atoms with Crippen LogP contribution < -0.4 is 8.85 Å². The molecule has 32 heavy (non-hydrogen) atoms. The Balaban J connectivity index is 1.94. The molecule has 0 heterocycles. The number of rotatable bonds is 6. The Morgan fingerprint density at radius 1 is 0.312 bits per heavy atom. The van der Waals surface area contributed by atoms with Gasteiger partial charge in [0, 0.05) is 4.28 Å². The summed E-state index contributed by atoms with van der Waals surface area (Å²) in [6.45, 7) is 0. The number of hydrogen-bond acceptors (Lipinski definition) is 0. The van der Waals surface area contributed by atoms with E-state index in [1.54, 1.807) is 0 Å². The molecule has 0 saturated carbocycles. The Morgan fingerprint density at radius 3 is 0.844 bits per heavy atom. The fraction of sp³-hybridized carbons (Fsp3) is 0.0323. The van der Waals surface area contributed by atoms with Crippen LogP contribution in [0.5, 0.6) is 0 Å². The molecule has 0 aromatic heterocycles. The lowest BCUT2D eigenvalue weighted by Crippen LogP contribution is -2.59. The van der Waals surface area contributed by atoms with Crippen molar-refractivity contribution in [3.8, 4) is 0 Å². The zero-order chi connectivity index (χ0) is 21.6. The van der Waals surface area contributed by atoms with Crippen molar-refractivity contribution >= 4 is 23.0 Å². The smallest absolute Gasteiger partial charge is 0.102 e. The highest BCUT2D eigenvalue weighted by Gasteiger charge is 2.49. The second-order valence-corrected chi connectivity index (χ2v) is 11.2. The van der Waals surface area contributed by atoms with Crippen molar-refractivity contribution < 1.29 is 0 Å². The molecule has 0 saturated heterocycles. The molecular weight excluding hydrogens is 399 g/mol. The summed E-state index contributed by atoms with van der Waals surface area (Å²) in [6, 6.07) is 55.6. The third-order valence-electron chi connectivity index (χ3n) is 6.39. The molecule has 1 heteroatoms. The maximum Gasteiger partial charge on any atom is 0.368 e. The zero-order valence-corrected chi connectivity index (χ0v) is 19.2. The minimum atomic E-state index is -1.88. The van der Waals surface area contributed by atoms with E-state index in [2.05, 4.69) is 152 Å². The second-order valence-electron chi connectivity index (χ2n) is 8.16. The van der Waals surface area contributed by atoms with Gasteiger partial charge in [-0.05, 0) is 16.7 Å². The van der Waals surface area contributed by atoms with E-state index in [4.69, 9.17) is 0 Å². The first kappa shape index (κ1) is 20.5. The predicted octanol–water partition coefficient (Wildman–Crippen LogP) is 5.87. The Labute approximate surface area is 195 Å². The largest absolute Gasteiger partial charge is 0.368 e. The molecule has 152 valence electrons. The molecule has 0 bridgehead atoms. The van der Waals surface area contributed by atoms with Gasteiger partial charge in [-0.3, -0.25) is 0 Å². The molecule has 0 radical (unpaired) electrons. The van der Waals surface area contributed by atoms with Gasteiger partial charge in [-0.2, -0.15) is 0 Å². The van der Waals surface area contributed by atoms with Crippen LogP contribution in [0.15, 0.2) is 152 Å². The van der Waals surface area contributed by atoms with Gasteiger partial charge in [0.1, 0.15) is 0 Å². The molecule has 5 aromatic rings. The monoisotopic (exact) mass is 424 g/mol. The van der Waals surface area contributed by atoms with Gasteiger partial charge >= 0.3 is 14.1 Å². The average Bonchev–Trinajstić information content (AvgIpc) is 2.90. The fourth-order valence-corrected chi connectivity index (χ4v) is 9.26. The summed E-state index contributed by atoms with van der Waals surface area (Å²) >= 11 is -1.88. The Hall–Kier alpha value is -3.37. The van der Waals surface area contributed by atoms with Crippen LogP contribution in [0.4, 0.5) is 0 Å². The van der Waals surface area contributed by atoms with Crippen LogP contribution in [0.2, 0.25) is 0 Å². The molecule has 0 spiro atoms. The van der Waals surface area contributed by atoms with Crippen molar-refractivity contribution in [2.24, 2.45) is 0 Å². The van der Waals surface area contributed by atoms with Gasteiger partial charge in [0.25, 0.3) is 0 Å². The highest BCUT2D eigenvalue weighted by atomic mass is 27.2. The van der Waals surface area contributed by atoms with Gasteiger partial charge < -0.3 is 0 Å². The number of benzene rings is 5. The van der Waals surface area contributed by atoms with E-state index >= 15 is 0 Å². The molecule has 0 fully saturated rings. The standard InChI is InChI=1S/C19H15.2C6H5.Al/c1-4-10-16(11-5-1)19(17-12-6-2-7-13-17)18-14-8-3-9-15-18;2*1-2-4-6-5-3-1;/h1-15H;2*1-5H;. The summed E-state index contributed by atoms with van der Waals surface area (Å²) in [5, 5.41) is 0. The summed E-state index contributed by atoms with van der Waals surface area (Å²) in [5.74, 6) is 0. The van der Waals surface area contributed by atoms with E-state index in [1.807, 2.05) is 0 Å². The zero-order valence-electron chi connectivity index (χ0n) is 18.0. The molecule has 0 N–H and O–H groups in total. The molecule has 0 aliphatic rings. The SMILES string of the molecule is c1cc[c]([Al]([c]2ccccc2)[C](c2ccccc2)(c2ccccc2)c2ccccc2)cc1. The minimum Gasteiger partial charge on any atom is -0.102 e. The maximum atomic E-state index is 2.33. The summed E-state index contributed by atoms with van der Waals surface area (Å²) in [5.41, 5.74) is 4.05. The quantitative estimate of drug-likeness (QED) is 0.236. The molecule has 0 atom stereocenters. The van der Waals surface area contributed by atoms with Crippen LogP contribution in [-0.4, -0.2) is 14.1 Å². The van der Waals surface area contributed by atoms with Crippen LogP contribution in [-0.2, 0) is 4.28 Å². The first-order valence-corrected chi connectivity index (χ1v) is 12.9. The van der Waals surface area contributed by atoms with Crippen LogP contribution in [0, 0.1) is 0 Å². The van der Waals surface area contributed by atoms with Crippen molar-refractivity contribution in [1.82, 2.24) is 0 Å². The van der Waals surface area contributed by atoms with Gasteiger partial charge in [-0.1, -0.05) is 152 Å². The van der Waals surface area contributed by atoms with Crippen molar-refractivity contribution in [3.05, 3.63) is 168 Å². The summed E-state index contributed by atoms with van der Waals surface area (Å²) < 4.78 is 2.62. The van der Waals surface area contributed by atoms with Crippen molar-refractivity contribution in [1.29, 1.82) is 0 Å². The third-order valence-corrected chi connectivity index (χ3v) is 10.4. The van der Waals surface area contributed by atoms with Gasteiger partial charge in [-0.15, -0.1) is 8.85 Å². The fourth-order valence-electron chi connectivity index (χ4n) is 5.09. The third kappa shape index (κ3) is 3.71. The molecule has 0 unspecified atom stereocenters. The van der Waals surface area contributed by atoms with Crippen molar-refractivity contribution in [2.45, 2.75) is 4.28 Å². The van der Waals surface area contributed by atoms with E-state index in [9.17, 15) is 0 Å². The van der Waals surface area contributed by atoms with Gasteiger partial charge in [0.05, 0.1) is 0 Å². The first-order valence-electron chi connectivity index (χ1n) is 11.2. The van der Waals surface area contributed by atoms with Crippen molar-refractivity contribution in [2.75, 3.05) is 0 Å². The summed E-state index contributed by atoms with van der Waals surface area (Å²) in [7, 11) is 0. The lowest BCUT2D eigenvalue weighted by atomic mass is 9.83. The highest BCUT2D eigenvalue weighted by Crippen LogP contribution is 2.41. The molecule has 0 aliphatic heterocycles. The van der Waals surface area contributed by atoms with E-state index in [0.717, 1.165) is 0 Å². The van der Waals surface area contributed by atoms with Gasteiger partial charge in [0.15, 0.2) is 0 Å². The summed E-state index contributed by atoms with van der Waals surface area (Å²) in [6.07, 6.45) is 0. The highest BCUT2D eigenvalue weighted by molar-refractivity contribution is 6.88. The second kappa shape index (κ2) is 9.41. The molecule has 5 aromatic carbocycles. The van der Waals surface area contributed by atoms with Crippen molar-refractivity contribution in [3.63, 3.8) is 0 Å². The normalized spacial score (nSPS) is 11.1. The molecule has 0 amide bonds. The lowest BCUT2D eigenvalue weighted by molar-refractivity contribution is 0.858. The Kier molecular flexibility index (Phi) is 6.04. The Morgan fingerprint density at radius 2 is 0.562 bits per heavy atom. The van der Waals surface area contributed by atoms with Crippen LogP contribution in [0.25, 0.3) is 0 Å². The summed E-state index contributed by atoms with van der Waals surface area (Å²) in [4.78, 5) is 0. The molecule has 0 nitrogen and oxygen atoms in total. The molecule has 5 rings (SSSR count). The molecule has 0 aliphatic carbocycles. The Bertz CT molecular complexity index is 1100. The predicted molar refractivity (Wildman–Crippen MR) is 137 cm³/mol. The number of hydrogen-bond donors (Lipinski definition) is 0. The van der Waals surface area contributed by atoms with E-state index in [-0.39, 0.29) is 4.28 Å². The molecular formula is C31H25Al. The van der Waals surface area contributed by atoms with Crippen LogP contribution >= 0.6 is 0 Å². The van der Waals surface area contributed by atoms with Gasteiger partial charge in [0.2, 0.25) is 0 Å². The lowest BCUT2D eigenvalue weighted by Gasteiger charge is -2.41. The van der Waals surface area contributed by atoms with Crippen LogP contribution in [0.3, 0.4) is 0 Å². The minimum absolute atomic E-state index is 0.257.